The van der Waals surface area contributed by atoms with Gasteiger partial charge in [0.05, 0.1) is 18.4 Å². The van der Waals surface area contributed by atoms with E-state index in [9.17, 15) is 9.59 Å². The number of ether oxygens (including phenoxy) is 1. The van der Waals surface area contributed by atoms with Gasteiger partial charge >= 0.3 is 5.69 Å². The summed E-state index contributed by atoms with van der Waals surface area (Å²) in [6.07, 6.45) is 4.16. The average Bonchev–Trinajstić information content (AvgIpc) is 2.66. The van der Waals surface area contributed by atoms with Crippen molar-refractivity contribution in [1.82, 2.24) is 19.9 Å². The standard InChI is InChI=1S/C20H26N4O3/c1-14(2)10-16-11-18(23-20(26)22-16)19(25)24-9-5-7-17(12-24)27-13-15-6-3-4-8-21-15/h3-4,6,8,11,14,17H,5,7,9-10,12-13H2,1-2H3,(H,22,23,26). The van der Waals surface area contributed by atoms with Crippen molar-refractivity contribution in [2.45, 2.75) is 45.8 Å². The van der Waals surface area contributed by atoms with E-state index in [1.165, 1.54) is 0 Å². The Morgan fingerprint density at radius 1 is 1.41 bits per heavy atom. The number of hydrogen-bond donors (Lipinski definition) is 1. The number of carbonyl (C=O) groups excluding carboxylic acids is 1. The van der Waals surface area contributed by atoms with Gasteiger partial charge in [0.15, 0.2) is 0 Å². The van der Waals surface area contributed by atoms with Gasteiger partial charge in [0, 0.05) is 25.0 Å². The zero-order chi connectivity index (χ0) is 19.2. The Kier molecular flexibility index (Phi) is 6.34. The fourth-order valence-corrected chi connectivity index (χ4v) is 3.27. The monoisotopic (exact) mass is 370 g/mol. The van der Waals surface area contributed by atoms with E-state index < -0.39 is 5.69 Å². The third-order valence-corrected chi connectivity index (χ3v) is 4.51. The van der Waals surface area contributed by atoms with Gasteiger partial charge in [0.25, 0.3) is 5.91 Å². The van der Waals surface area contributed by atoms with Crippen LogP contribution in [0.5, 0.6) is 0 Å². The van der Waals surface area contributed by atoms with Gasteiger partial charge in [-0.05, 0) is 43.4 Å². The summed E-state index contributed by atoms with van der Waals surface area (Å²) in [4.78, 5) is 37.3. The van der Waals surface area contributed by atoms with Crippen LogP contribution in [-0.2, 0) is 17.8 Å². The molecule has 0 radical (unpaired) electrons. The van der Waals surface area contributed by atoms with Crippen molar-refractivity contribution >= 4 is 5.91 Å². The average molecular weight is 370 g/mol. The van der Waals surface area contributed by atoms with E-state index in [0.29, 0.717) is 32.0 Å². The third-order valence-electron chi connectivity index (χ3n) is 4.51. The van der Waals surface area contributed by atoms with Gasteiger partial charge in [0.2, 0.25) is 0 Å². The molecule has 7 nitrogen and oxygen atoms in total. The molecule has 2 aromatic rings. The number of nitrogens with zero attached hydrogens (tertiary/aromatic N) is 3. The number of aromatic amines is 1. The quantitative estimate of drug-likeness (QED) is 0.842. The molecule has 1 aliphatic heterocycles. The van der Waals surface area contributed by atoms with Crippen LogP contribution in [0.4, 0.5) is 0 Å². The van der Waals surface area contributed by atoms with E-state index in [1.807, 2.05) is 18.2 Å². The second-order valence-corrected chi connectivity index (χ2v) is 7.34. The summed E-state index contributed by atoms with van der Waals surface area (Å²) >= 11 is 0. The number of pyridine rings is 1. The summed E-state index contributed by atoms with van der Waals surface area (Å²) < 4.78 is 5.94. The number of hydrogen-bond acceptors (Lipinski definition) is 5. The zero-order valence-electron chi connectivity index (χ0n) is 15.9. The maximum Gasteiger partial charge on any atom is 0.345 e. The number of amides is 1. The molecule has 1 amide bonds. The highest BCUT2D eigenvalue weighted by molar-refractivity contribution is 5.92. The normalized spacial score (nSPS) is 17.3. The molecule has 0 bridgehead atoms. The fraction of sp³-hybridized carbons (Fsp3) is 0.500. The number of rotatable bonds is 6. The maximum absolute atomic E-state index is 12.9. The molecule has 1 atom stereocenters. The van der Waals surface area contributed by atoms with Crippen LogP contribution in [0.2, 0.25) is 0 Å². The van der Waals surface area contributed by atoms with Gasteiger partial charge in [0.1, 0.15) is 5.69 Å². The van der Waals surface area contributed by atoms with Crippen LogP contribution < -0.4 is 5.69 Å². The number of nitrogens with one attached hydrogen (secondary N) is 1. The Bertz CT molecular complexity index is 819. The molecule has 0 aromatic carbocycles. The van der Waals surface area contributed by atoms with Crippen molar-refractivity contribution in [2.24, 2.45) is 5.92 Å². The molecule has 7 heteroatoms. The van der Waals surface area contributed by atoms with E-state index in [-0.39, 0.29) is 17.7 Å². The minimum Gasteiger partial charge on any atom is -0.370 e. The molecule has 0 saturated carbocycles. The molecule has 27 heavy (non-hydrogen) atoms. The van der Waals surface area contributed by atoms with Crippen molar-refractivity contribution in [3.8, 4) is 0 Å². The lowest BCUT2D eigenvalue weighted by atomic mass is 10.1. The molecule has 0 spiro atoms. The number of carbonyl (C=O) groups is 1. The first-order valence-electron chi connectivity index (χ1n) is 9.42. The van der Waals surface area contributed by atoms with Crippen LogP contribution in [0, 0.1) is 5.92 Å². The van der Waals surface area contributed by atoms with Crippen molar-refractivity contribution in [3.63, 3.8) is 0 Å². The number of H-pyrrole nitrogens is 1. The molecule has 2 aromatic heterocycles. The van der Waals surface area contributed by atoms with E-state index >= 15 is 0 Å². The second-order valence-electron chi connectivity index (χ2n) is 7.34. The third kappa shape index (κ3) is 5.47. The summed E-state index contributed by atoms with van der Waals surface area (Å²) in [5.74, 6) is 0.169. The van der Waals surface area contributed by atoms with E-state index in [1.54, 1.807) is 17.2 Å². The van der Waals surface area contributed by atoms with Gasteiger partial charge in [-0.15, -0.1) is 0 Å². The smallest absolute Gasteiger partial charge is 0.345 e. The van der Waals surface area contributed by atoms with Crippen molar-refractivity contribution < 1.29 is 9.53 Å². The van der Waals surface area contributed by atoms with E-state index in [0.717, 1.165) is 24.2 Å². The lowest BCUT2D eigenvalue weighted by Gasteiger charge is -2.32. The van der Waals surface area contributed by atoms with Crippen LogP contribution in [-0.4, -0.2) is 45.0 Å². The van der Waals surface area contributed by atoms with Crippen LogP contribution in [0.3, 0.4) is 0 Å². The van der Waals surface area contributed by atoms with Crippen LogP contribution in [0.15, 0.2) is 35.3 Å². The highest BCUT2D eigenvalue weighted by atomic mass is 16.5. The molecule has 3 heterocycles. The lowest BCUT2D eigenvalue weighted by molar-refractivity contribution is -0.00802. The van der Waals surface area contributed by atoms with E-state index in [4.69, 9.17) is 4.74 Å². The van der Waals surface area contributed by atoms with E-state index in [2.05, 4.69) is 28.8 Å². The predicted octanol–water partition coefficient (Wildman–Crippen LogP) is 2.18. The summed E-state index contributed by atoms with van der Waals surface area (Å²) in [6, 6.07) is 7.41. The van der Waals surface area contributed by atoms with Crippen molar-refractivity contribution in [3.05, 3.63) is 58.0 Å². The lowest BCUT2D eigenvalue weighted by Crippen LogP contribution is -2.44. The molecule has 144 valence electrons. The molecule has 1 unspecified atom stereocenters. The van der Waals surface area contributed by atoms with Gasteiger partial charge in [-0.25, -0.2) is 4.79 Å². The number of piperidine rings is 1. The number of aromatic nitrogens is 3. The topological polar surface area (TPSA) is 88.2 Å². The van der Waals surface area contributed by atoms with Crippen LogP contribution in [0.25, 0.3) is 0 Å². The molecule has 1 fully saturated rings. The molecular formula is C20H26N4O3. The first kappa shape index (κ1) is 19.2. The Hall–Kier alpha value is -2.54. The largest absolute Gasteiger partial charge is 0.370 e. The summed E-state index contributed by atoms with van der Waals surface area (Å²) in [5, 5.41) is 0. The van der Waals surface area contributed by atoms with Gasteiger partial charge < -0.3 is 14.6 Å². The Labute approximate surface area is 158 Å². The maximum atomic E-state index is 12.9. The highest BCUT2D eigenvalue weighted by Gasteiger charge is 2.26. The van der Waals surface area contributed by atoms with Crippen molar-refractivity contribution in [1.29, 1.82) is 0 Å². The fourth-order valence-electron chi connectivity index (χ4n) is 3.27. The zero-order valence-corrected chi connectivity index (χ0v) is 15.9. The molecule has 0 aliphatic carbocycles. The SMILES string of the molecule is CC(C)Cc1cc(C(=O)N2CCCC(OCc3ccccn3)C2)nc(=O)[nH]1. The van der Waals surface area contributed by atoms with Crippen LogP contribution >= 0.6 is 0 Å². The van der Waals surface area contributed by atoms with Crippen molar-refractivity contribution in [2.75, 3.05) is 13.1 Å². The molecule has 1 aliphatic rings. The summed E-state index contributed by atoms with van der Waals surface area (Å²) in [7, 11) is 0. The highest BCUT2D eigenvalue weighted by Crippen LogP contribution is 2.17. The molecule has 3 rings (SSSR count). The Morgan fingerprint density at radius 2 is 2.26 bits per heavy atom. The van der Waals surface area contributed by atoms with Gasteiger partial charge in [-0.1, -0.05) is 19.9 Å². The minimum absolute atomic E-state index is 0.0400. The van der Waals surface area contributed by atoms with Crippen LogP contribution in [0.1, 0.15) is 48.6 Å². The van der Waals surface area contributed by atoms with Gasteiger partial charge in [-0.2, -0.15) is 4.98 Å². The summed E-state index contributed by atoms with van der Waals surface area (Å²) in [6.45, 7) is 5.70. The first-order valence-corrected chi connectivity index (χ1v) is 9.42. The molecule has 1 saturated heterocycles. The van der Waals surface area contributed by atoms with Gasteiger partial charge in [-0.3, -0.25) is 9.78 Å². The molecular weight excluding hydrogens is 344 g/mol. The Balaban J connectivity index is 1.64. The minimum atomic E-state index is -0.475. The number of likely N-dealkylation sites (tertiary alicyclic amines) is 1. The Morgan fingerprint density at radius 3 is 3.00 bits per heavy atom. The first-order chi connectivity index (χ1) is 13.0. The summed E-state index contributed by atoms with van der Waals surface area (Å²) in [5.41, 5.74) is 1.35. The molecule has 1 N–H and O–H groups in total. The predicted molar refractivity (Wildman–Crippen MR) is 101 cm³/mol. The second kappa shape index (κ2) is 8.90.